The van der Waals surface area contributed by atoms with Crippen LogP contribution in [0.1, 0.15) is 5.82 Å². The molecule has 0 aliphatic carbocycles. The second kappa shape index (κ2) is 3.20. The Morgan fingerprint density at radius 2 is 2.45 bits per heavy atom. The normalized spacial score (nSPS) is 10.0. The van der Waals surface area contributed by atoms with E-state index in [1.807, 2.05) is 0 Å². The number of carbonyl (C=O) groups excluding carboxylic acids is 1. The van der Waals surface area contributed by atoms with E-state index in [9.17, 15) is 4.79 Å². The Labute approximate surface area is 63.4 Å². The zero-order chi connectivity index (χ0) is 8.27. The van der Waals surface area contributed by atoms with Crippen molar-refractivity contribution in [3.63, 3.8) is 0 Å². The Balaban J connectivity index is 2.64. The van der Waals surface area contributed by atoms with Crippen LogP contribution in [0.5, 0.6) is 0 Å². The highest BCUT2D eigenvalue weighted by atomic mass is 16.1. The fourth-order valence-electron chi connectivity index (χ4n) is 0.646. The molecule has 0 fully saturated rings. The number of hydrogen-bond acceptors (Lipinski definition) is 5. The topological polar surface area (TPSA) is 86.7 Å². The van der Waals surface area contributed by atoms with E-state index in [0.717, 1.165) is 0 Å². The molecule has 0 aliphatic rings. The first kappa shape index (κ1) is 7.80. The third-order valence-electron chi connectivity index (χ3n) is 1.29. The van der Waals surface area contributed by atoms with Gasteiger partial charge in [-0.05, 0) is 10.4 Å². The van der Waals surface area contributed by atoms with Crippen LogP contribution >= 0.6 is 0 Å². The Morgan fingerprint density at radius 3 is 2.91 bits per heavy atom. The molecule has 1 heterocycles. The average Bonchev–Trinajstić information content (AvgIpc) is 2.37. The Hall–Kier alpha value is -1.30. The van der Waals surface area contributed by atoms with E-state index in [2.05, 4.69) is 15.5 Å². The highest BCUT2D eigenvalue weighted by Gasteiger charge is 2.06. The number of hydrogen-bond donors (Lipinski definition) is 1. The van der Waals surface area contributed by atoms with Gasteiger partial charge >= 0.3 is 0 Å². The standard InChI is InChI=1S/C5H9N5O/c1-10-5(7-8-9-10)2-4(11)3-6/h2-3,6H2,1H3. The average molecular weight is 155 g/mol. The molecule has 2 N–H and O–H groups in total. The van der Waals surface area contributed by atoms with E-state index >= 15 is 0 Å². The minimum Gasteiger partial charge on any atom is -0.324 e. The molecule has 1 rings (SSSR count). The van der Waals surface area contributed by atoms with Gasteiger partial charge in [-0.3, -0.25) is 4.79 Å². The number of Topliss-reactive ketones (excluding diaryl/α,β-unsaturated/α-hetero) is 1. The van der Waals surface area contributed by atoms with Gasteiger partial charge in [0.2, 0.25) is 0 Å². The zero-order valence-corrected chi connectivity index (χ0v) is 6.19. The lowest BCUT2D eigenvalue weighted by molar-refractivity contribution is -0.117. The van der Waals surface area contributed by atoms with Gasteiger partial charge in [0.1, 0.15) is 0 Å². The number of aromatic nitrogens is 4. The van der Waals surface area contributed by atoms with Gasteiger partial charge in [-0.25, -0.2) is 4.68 Å². The molecule has 0 saturated carbocycles. The molecule has 0 radical (unpaired) electrons. The smallest absolute Gasteiger partial charge is 0.158 e. The van der Waals surface area contributed by atoms with Gasteiger partial charge < -0.3 is 5.73 Å². The van der Waals surface area contributed by atoms with Crippen molar-refractivity contribution in [2.75, 3.05) is 6.54 Å². The molecule has 0 unspecified atom stereocenters. The summed E-state index contributed by atoms with van der Waals surface area (Å²) in [7, 11) is 1.68. The molecular formula is C5H9N5O. The summed E-state index contributed by atoms with van der Waals surface area (Å²) in [4.78, 5) is 10.8. The van der Waals surface area contributed by atoms with Gasteiger partial charge in [0.25, 0.3) is 0 Å². The van der Waals surface area contributed by atoms with Crippen molar-refractivity contribution >= 4 is 5.78 Å². The molecule has 0 amide bonds. The lowest BCUT2D eigenvalue weighted by atomic mass is 10.3. The second-order valence-corrected chi connectivity index (χ2v) is 2.14. The maximum atomic E-state index is 10.8. The molecule has 0 bridgehead atoms. The SMILES string of the molecule is Cn1nnnc1CC(=O)CN. The fourth-order valence-corrected chi connectivity index (χ4v) is 0.646. The van der Waals surface area contributed by atoms with E-state index < -0.39 is 0 Å². The molecular weight excluding hydrogens is 146 g/mol. The molecule has 1 aromatic heterocycles. The zero-order valence-electron chi connectivity index (χ0n) is 6.19. The molecule has 6 nitrogen and oxygen atoms in total. The summed E-state index contributed by atoms with van der Waals surface area (Å²) in [6.07, 6.45) is 0.208. The van der Waals surface area contributed by atoms with Crippen molar-refractivity contribution < 1.29 is 4.79 Å². The Bertz CT molecular complexity index is 255. The van der Waals surface area contributed by atoms with Gasteiger partial charge in [0.15, 0.2) is 11.6 Å². The van der Waals surface area contributed by atoms with Gasteiger partial charge in [-0.1, -0.05) is 0 Å². The van der Waals surface area contributed by atoms with Crippen molar-refractivity contribution in [2.24, 2.45) is 12.8 Å². The summed E-state index contributed by atoms with van der Waals surface area (Å²) in [5, 5.41) is 10.6. The van der Waals surface area contributed by atoms with Gasteiger partial charge in [-0.15, -0.1) is 5.10 Å². The molecule has 60 valence electrons. The van der Waals surface area contributed by atoms with Gasteiger partial charge in [0.05, 0.1) is 13.0 Å². The summed E-state index contributed by atoms with van der Waals surface area (Å²) in [6.45, 7) is 0.0346. The minimum atomic E-state index is -0.0668. The molecule has 0 saturated heterocycles. The van der Waals surface area contributed by atoms with Crippen molar-refractivity contribution in [1.29, 1.82) is 0 Å². The highest BCUT2D eigenvalue weighted by Crippen LogP contribution is 1.89. The first-order valence-corrected chi connectivity index (χ1v) is 3.17. The Morgan fingerprint density at radius 1 is 1.73 bits per heavy atom. The van der Waals surface area contributed by atoms with Crippen LogP contribution in [0, 0.1) is 0 Å². The quantitative estimate of drug-likeness (QED) is 0.561. The third kappa shape index (κ3) is 1.81. The number of carbonyl (C=O) groups is 1. The number of tetrazole rings is 1. The lowest BCUT2D eigenvalue weighted by Gasteiger charge is -1.94. The molecule has 0 aliphatic heterocycles. The first-order chi connectivity index (χ1) is 5.24. The number of ketones is 1. The number of rotatable bonds is 3. The van der Waals surface area contributed by atoms with E-state index in [-0.39, 0.29) is 18.7 Å². The maximum absolute atomic E-state index is 10.8. The van der Waals surface area contributed by atoms with Crippen LogP contribution in [-0.4, -0.2) is 32.5 Å². The predicted octanol–water partition coefficient (Wildman–Crippen LogP) is -1.72. The number of nitrogens with zero attached hydrogens (tertiary/aromatic N) is 4. The van der Waals surface area contributed by atoms with Crippen molar-refractivity contribution in [1.82, 2.24) is 20.2 Å². The summed E-state index contributed by atoms with van der Waals surface area (Å²) in [5.41, 5.74) is 5.11. The summed E-state index contributed by atoms with van der Waals surface area (Å²) in [6, 6.07) is 0. The van der Waals surface area contributed by atoms with Crippen molar-refractivity contribution in [2.45, 2.75) is 6.42 Å². The van der Waals surface area contributed by atoms with Gasteiger partial charge in [0, 0.05) is 7.05 Å². The summed E-state index contributed by atoms with van der Waals surface area (Å²) in [5.74, 6) is 0.475. The predicted molar refractivity (Wildman–Crippen MR) is 36.6 cm³/mol. The monoisotopic (exact) mass is 155 g/mol. The van der Waals surface area contributed by atoms with Crippen LogP contribution in [0.2, 0.25) is 0 Å². The fraction of sp³-hybridized carbons (Fsp3) is 0.600. The van der Waals surface area contributed by atoms with Crippen LogP contribution < -0.4 is 5.73 Å². The Kier molecular flexibility index (Phi) is 2.27. The molecule has 0 spiro atoms. The van der Waals surface area contributed by atoms with Crippen LogP contribution in [0.3, 0.4) is 0 Å². The molecule has 6 heteroatoms. The van der Waals surface area contributed by atoms with Crippen molar-refractivity contribution in [3.05, 3.63) is 5.82 Å². The molecule has 0 aromatic carbocycles. The van der Waals surface area contributed by atoms with Crippen LogP contribution in [0.25, 0.3) is 0 Å². The van der Waals surface area contributed by atoms with Crippen LogP contribution in [0.15, 0.2) is 0 Å². The number of aryl methyl sites for hydroxylation is 1. The summed E-state index contributed by atoms with van der Waals surface area (Å²) >= 11 is 0. The van der Waals surface area contributed by atoms with Crippen LogP contribution in [0.4, 0.5) is 0 Å². The van der Waals surface area contributed by atoms with Crippen LogP contribution in [-0.2, 0) is 18.3 Å². The first-order valence-electron chi connectivity index (χ1n) is 3.17. The minimum absolute atomic E-state index is 0.0346. The maximum Gasteiger partial charge on any atom is 0.158 e. The lowest BCUT2D eigenvalue weighted by Crippen LogP contribution is -2.17. The van der Waals surface area contributed by atoms with Gasteiger partial charge in [-0.2, -0.15) is 0 Å². The highest BCUT2D eigenvalue weighted by molar-refractivity contribution is 5.81. The number of nitrogens with two attached hydrogens (primary N) is 1. The largest absolute Gasteiger partial charge is 0.324 e. The van der Waals surface area contributed by atoms with E-state index in [0.29, 0.717) is 5.82 Å². The second-order valence-electron chi connectivity index (χ2n) is 2.14. The molecule has 0 atom stereocenters. The third-order valence-corrected chi connectivity index (χ3v) is 1.29. The molecule has 11 heavy (non-hydrogen) atoms. The molecule has 1 aromatic rings. The van der Waals surface area contributed by atoms with E-state index in [4.69, 9.17) is 5.73 Å². The van der Waals surface area contributed by atoms with Crippen molar-refractivity contribution in [3.8, 4) is 0 Å². The van der Waals surface area contributed by atoms with E-state index in [1.165, 1.54) is 4.68 Å². The summed E-state index contributed by atoms with van der Waals surface area (Å²) < 4.78 is 1.45. The van der Waals surface area contributed by atoms with E-state index in [1.54, 1.807) is 7.05 Å².